The summed E-state index contributed by atoms with van der Waals surface area (Å²) in [6, 6.07) is 17.5. The molecule has 0 aromatic carbocycles. The number of carbonyl (C=O) groups is 2. The Hall–Kier alpha value is -4.71. The SMILES string of the molecule is O=C(O)c1ccnc(-c2cc(C(=O)O)cc(-c3cc(-c4ccc(-c5cc6oc7ccsc7c6s5)s4)ccn3)n2)c1. The van der Waals surface area contributed by atoms with E-state index in [0.29, 0.717) is 11.4 Å². The van der Waals surface area contributed by atoms with Crippen molar-refractivity contribution in [3.63, 3.8) is 0 Å². The van der Waals surface area contributed by atoms with Gasteiger partial charge < -0.3 is 14.6 Å². The van der Waals surface area contributed by atoms with E-state index >= 15 is 0 Å². The quantitative estimate of drug-likeness (QED) is 0.202. The maximum Gasteiger partial charge on any atom is 0.335 e. The van der Waals surface area contributed by atoms with Crippen molar-refractivity contribution in [2.45, 2.75) is 0 Å². The maximum atomic E-state index is 11.9. The van der Waals surface area contributed by atoms with Crippen molar-refractivity contribution in [3.05, 3.63) is 89.6 Å². The highest BCUT2D eigenvalue weighted by molar-refractivity contribution is 7.30. The summed E-state index contributed by atoms with van der Waals surface area (Å²) in [4.78, 5) is 39.9. The molecule has 0 atom stereocenters. The summed E-state index contributed by atoms with van der Waals surface area (Å²) in [5, 5.41) is 21.1. The van der Waals surface area contributed by atoms with Crippen LogP contribution in [0.4, 0.5) is 0 Å². The molecule has 2 N–H and O–H groups in total. The molecule has 0 aliphatic heterocycles. The van der Waals surface area contributed by atoms with Crippen LogP contribution in [0.25, 0.3) is 63.5 Å². The highest BCUT2D eigenvalue weighted by atomic mass is 32.1. The number of pyridine rings is 3. The minimum absolute atomic E-state index is 0.00463. The van der Waals surface area contributed by atoms with Crippen LogP contribution in [-0.2, 0) is 0 Å². The Morgan fingerprint density at radius 1 is 0.650 bits per heavy atom. The Bertz CT molecular complexity index is 2100. The molecule has 0 fully saturated rings. The van der Waals surface area contributed by atoms with E-state index in [1.54, 1.807) is 40.2 Å². The van der Waals surface area contributed by atoms with Gasteiger partial charge in [0.2, 0.25) is 0 Å². The van der Waals surface area contributed by atoms with Crippen molar-refractivity contribution >= 4 is 66.5 Å². The molecule has 7 heterocycles. The Balaban J connectivity index is 1.26. The number of aromatic nitrogens is 3. The molecule has 0 aliphatic carbocycles. The lowest BCUT2D eigenvalue weighted by Gasteiger charge is -2.08. The van der Waals surface area contributed by atoms with Crippen LogP contribution in [0, 0.1) is 0 Å². The van der Waals surface area contributed by atoms with E-state index in [0.717, 1.165) is 36.1 Å². The first kappa shape index (κ1) is 24.3. The molecule has 0 amide bonds. The Morgan fingerprint density at radius 3 is 2.12 bits per heavy atom. The van der Waals surface area contributed by atoms with E-state index in [1.807, 2.05) is 23.6 Å². The Labute approximate surface area is 237 Å². The van der Waals surface area contributed by atoms with Gasteiger partial charge in [0.15, 0.2) is 0 Å². The molecule has 7 aromatic heterocycles. The number of nitrogens with zero attached hydrogens (tertiary/aromatic N) is 3. The lowest BCUT2D eigenvalue weighted by molar-refractivity contribution is 0.0686. The number of thiophene rings is 3. The van der Waals surface area contributed by atoms with Crippen molar-refractivity contribution in [3.8, 4) is 43.0 Å². The van der Waals surface area contributed by atoms with Crippen LogP contribution in [0.3, 0.4) is 0 Å². The molecule has 0 saturated heterocycles. The highest BCUT2D eigenvalue weighted by Gasteiger charge is 2.17. The average Bonchev–Trinajstić information content (AvgIpc) is 3.75. The minimum Gasteiger partial charge on any atom is -0.478 e. The summed E-state index contributed by atoms with van der Waals surface area (Å²) in [5.74, 6) is -2.25. The topological polar surface area (TPSA) is 126 Å². The lowest BCUT2D eigenvalue weighted by Crippen LogP contribution is -2.02. The van der Waals surface area contributed by atoms with Gasteiger partial charge in [-0.15, -0.1) is 34.0 Å². The van der Waals surface area contributed by atoms with Crippen molar-refractivity contribution in [1.29, 1.82) is 0 Å². The number of carboxylic acids is 2. The molecule has 40 heavy (non-hydrogen) atoms. The van der Waals surface area contributed by atoms with Gasteiger partial charge in [-0.25, -0.2) is 14.6 Å². The lowest BCUT2D eigenvalue weighted by atomic mass is 10.1. The first-order valence-electron chi connectivity index (χ1n) is 11.8. The fourth-order valence-corrected chi connectivity index (χ4v) is 7.50. The molecule has 0 saturated carbocycles. The zero-order valence-corrected chi connectivity index (χ0v) is 22.6. The number of hydrogen-bond donors (Lipinski definition) is 2. The molecule has 194 valence electrons. The first-order valence-corrected chi connectivity index (χ1v) is 14.4. The number of furan rings is 1. The van der Waals surface area contributed by atoms with Gasteiger partial charge in [-0.1, -0.05) is 0 Å². The predicted molar refractivity (Wildman–Crippen MR) is 156 cm³/mol. The molecule has 7 rings (SSSR count). The standard InChI is InChI=1S/C29H15N3O5S3/c33-28(34)15-4-7-31-18(10-15)20-12-16(29(35)36)11-19(32-20)17-9-14(3-6-30-17)23-1-2-24(39-23)25-13-22-27(40-25)26-21(37-22)5-8-38-26/h1-13H,(H,33,34)(H,35,36). The smallest absolute Gasteiger partial charge is 0.335 e. The van der Waals surface area contributed by atoms with E-state index in [1.165, 1.54) is 35.2 Å². The third-order valence-electron chi connectivity index (χ3n) is 6.25. The summed E-state index contributed by atoms with van der Waals surface area (Å²) >= 11 is 5.04. The molecule has 11 heteroatoms. The van der Waals surface area contributed by atoms with Gasteiger partial charge in [0.05, 0.1) is 43.3 Å². The first-order chi connectivity index (χ1) is 19.4. The second kappa shape index (κ2) is 9.49. The average molecular weight is 582 g/mol. The van der Waals surface area contributed by atoms with Gasteiger partial charge in [0.25, 0.3) is 0 Å². The number of carboxylic acid groups (broad SMARTS) is 2. The summed E-state index contributed by atoms with van der Waals surface area (Å²) in [7, 11) is 0. The van der Waals surface area contributed by atoms with E-state index in [4.69, 9.17) is 4.42 Å². The van der Waals surface area contributed by atoms with Crippen molar-refractivity contribution in [2.24, 2.45) is 0 Å². The second-order valence-electron chi connectivity index (χ2n) is 8.78. The monoisotopic (exact) mass is 581 g/mol. The fourth-order valence-electron chi connectivity index (χ4n) is 4.36. The highest BCUT2D eigenvalue weighted by Crippen LogP contribution is 2.44. The van der Waals surface area contributed by atoms with E-state index in [-0.39, 0.29) is 22.5 Å². The van der Waals surface area contributed by atoms with Gasteiger partial charge in [-0.05, 0) is 65.5 Å². The fraction of sp³-hybridized carbons (Fsp3) is 0. The van der Waals surface area contributed by atoms with Gasteiger partial charge in [-0.2, -0.15) is 0 Å². The van der Waals surface area contributed by atoms with Gasteiger partial charge in [-0.3, -0.25) is 9.97 Å². The normalized spacial score (nSPS) is 11.4. The third kappa shape index (κ3) is 4.26. The molecule has 0 unspecified atom stereocenters. The van der Waals surface area contributed by atoms with Crippen LogP contribution in [0.2, 0.25) is 0 Å². The largest absolute Gasteiger partial charge is 0.478 e. The Kier molecular flexibility index (Phi) is 5.77. The van der Waals surface area contributed by atoms with Gasteiger partial charge in [0.1, 0.15) is 11.2 Å². The Morgan fingerprint density at radius 2 is 1.35 bits per heavy atom. The second-order valence-corrected chi connectivity index (χ2v) is 11.8. The molecule has 7 aromatic rings. The van der Waals surface area contributed by atoms with Crippen molar-refractivity contribution < 1.29 is 24.2 Å². The van der Waals surface area contributed by atoms with Crippen LogP contribution in [-0.4, -0.2) is 37.1 Å². The molecule has 0 aliphatic rings. The van der Waals surface area contributed by atoms with Crippen LogP contribution < -0.4 is 0 Å². The van der Waals surface area contributed by atoms with Crippen LogP contribution >= 0.6 is 34.0 Å². The number of hydrogen-bond acceptors (Lipinski definition) is 9. The van der Waals surface area contributed by atoms with E-state index in [2.05, 4.69) is 33.2 Å². The van der Waals surface area contributed by atoms with E-state index < -0.39 is 11.9 Å². The molecular weight excluding hydrogens is 567 g/mol. The summed E-state index contributed by atoms with van der Waals surface area (Å²) in [6.45, 7) is 0. The van der Waals surface area contributed by atoms with Gasteiger partial charge >= 0.3 is 11.9 Å². The molecule has 8 nitrogen and oxygen atoms in total. The van der Waals surface area contributed by atoms with Crippen LogP contribution in [0.15, 0.2) is 82.9 Å². The van der Waals surface area contributed by atoms with Crippen molar-refractivity contribution in [2.75, 3.05) is 0 Å². The maximum absolute atomic E-state index is 11.9. The molecule has 0 radical (unpaired) electrons. The molecule has 0 spiro atoms. The van der Waals surface area contributed by atoms with E-state index in [9.17, 15) is 19.8 Å². The molecule has 0 bridgehead atoms. The summed E-state index contributed by atoms with van der Waals surface area (Å²) < 4.78 is 8.30. The third-order valence-corrected chi connectivity index (χ3v) is 9.76. The van der Waals surface area contributed by atoms with Crippen LogP contribution in [0.5, 0.6) is 0 Å². The number of fused-ring (bicyclic) bond motifs is 3. The van der Waals surface area contributed by atoms with Crippen LogP contribution in [0.1, 0.15) is 20.7 Å². The van der Waals surface area contributed by atoms with Gasteiger partial charge in [0, 0.05) is 33.1 Å². The molecular formula is C29H15N3O5S3. The minimum atomic E-state index is -1.14. The zero-order valence-electron chi connectivity index (χ0n) is 20.2. The van der Waals surface area contributed by atoms with Crippen molar-refractivity contribution in [1.82, 2.24) is 15.0 Å². The predicted octanol–water partition coefficient (Wildman–Crippen LogP) is 8.02. The number of aromatic carboxylic acids is 2. The zero-order chi connectivity index (χ0) is 27.4. The summed E-state index contributed by atoms with van der Waals surface area (Å²) in [6.07, 6.45) is 3.02. The number of rotatable bonds is 6. The summed E-state index contributed by atoms with van der Waals surface area (Å²) in [5.41, 5.74) is 4.08.